The van der Waals surface area contributed by atoms with Crippen LogP contribution >= 0.6 is 0 Å². The Morgan fingerprint density at radius 2 is 1.97 bits per heavy atom. The number of carbonyl (C=O) groups excluding carboxylic acids is 1. The second-order valence-electron chi connectivity index (χ2n) is 8.49. The summed E-state index contributed by atoms with van der Waals surface area (Å²) in [5, 5.41) is 0. The number of amides is 1. The van der Waals surface area contributed by atoms with E-state index in [1.807, 2.05) is 16.5 Å². The van der Waals surface area contributed by atoms with E-state index in [2.05, 4.69) is 27.4 Å². The predicted molar refractivity (Wildman–Crippen MR) is 122 cm³/mol. The fraction of sp³-hybridized carbons (Fsp3) is 0.500. The summed E-state index contributed by atoms with van der Waals surface area (Å²) in [7, 11) is 3.55. The van der Waals surface area contributed by atoms with E-state index < -0.39 is 11.7 Å². The molecule has 32 heavy (non-hydrogen) atoms. The topological polar surface area (TPSA) is 41.4 Å². The standard InChI is InChI=1S/C24H33F3N4O/c1-7-12-29(5)18(4)22-23(30(6)16-32)28-21(31(22)13-11-17(2)3)15-19-9-8-10-20(14-19)24(25,26)27/h8-10,14,16-17H,4,7,11-13,15H2,1-3,5-6H3. The minimum absolute atomic E-state index is 0.215. The number of imidazole rings is 1. The smallest absolute Gasteiger partial charge is 0.373 e. The molecule has 1 aromatic carbocycles. The monoisotopic (exact) mass is 450 g/mol. The molecule has 1 heterocycles. The van der Waals surface area contributed by atoms with Crippen LogP contribution in [0.2, 0.25) is 0 Å². The Balaban J connectivity index is 2.60. The van der Waals surface area contributed by atoms with Crippen molar-refractivity contribution in [1.29, 1.82) is 0 Å². The quantitative estimate of drug-likeness (QED) is 0.428. The van der Waals surface area contributed by atoms with Gasteiger partial charge >= 0.3 is 6.18 Å². The minimum atomic E-state index is -4.41. The first-order valence-electron chi connectivity index (χ1n) is 10.8. The number of alkyl halides is 3. The molecular formula is C24H33F3N4O. The molecule has 0 atom stereocenters. The molecule has 8 heteroatoms. The third kappa shape index (κ3) is 6.14. The lowest BCUT2D eigenvalue weighted by Gasteiger charge is -2.24. The Morgan fingerprint density at radius 1 is 1.28 bits per heavy atom. The Morgan fingerprint density at radius 3 is 2.53 bits per heavy atom. The van der Waals surface area contributed by atoms with Gasteiger partial charge < -0.3 is 14.4 Å². The number of benzene rings is 1. The Kier molecular flexibility index (Phi) is 8.52. The van der Waals surface area contributed by atoms with Crippen molar-refractivity contribution in [3.63, 3.8) is 0 Å². The molecule has 0 aliphatic carbocycles. The van der Waals surface area contributed by atoms with Gasteiger partial charge in [0.25, 0.3) is 0 Å². The second kappa shape index (κ2) is 10.7. The average molecular weight is 451 g/mol. The van der Waals surface area contributed by atoms with Gasteiger partial charge in [0.05, 0.1) is 11.3 Å². The maximum atomic E-state index is 13.2. The van der Waals surface area contributed by atoms with E-state index in [0.717, 1.165) is 42.9 Å². The highest BCUT2D eigenvalue weighted by molar-refractivity contribution is 5.80. The van der Waals surface area contributed by atoms with Crippen molar-refractivity contribution in [2.24, 2.45) is 5.92 Å². The lowest BCUT2D eigenvalue weighted by atomic mass is 10.1. The van der Waals surface area contributed by atoms with Crippen LogP contribution in [0.3, 0.4) is 0 Å². The van der Waals surface area contributed by atoms with Gasteiger partial charge in [-0.15, -0.1) is 0 Å². The van der Waals surface area contributed by atoms with Gasteiger partial charge in [-0.1, -0.05) is 45.5 Å². The first-order valence-corrected chi connectivity index (χ1v) is 10.8. The SMILES string of the molecule is C=C(c1c(N(C)C=O)nc(Cc2cccc(C(F)(F)F)c2)n1CCC(C)C)N(C)CCC. The van der Waals surface area contributed by atoms with E-state index in [9.17, 15) is 18.0 Å². The molecule has 2 rings (SSSR count). The number of nitrogens with zero attached hydrogens (tertiary/aromatic N) is 4. The molecule has 0 unspecified atom stereocenters. The van der Waals surface area contributed by atoms with Crippen LogP contribution in [0.15, 0.2) is 30.8 Å². The van der Waals surface area contributed by atoms with E-state index in [0.29, 0.717) is 36.1 Å². The highest BCUT2D eigenvalue weighted by Crippen LogP contribution is 2.32. The predicted octanol–water partition coefficient (Wildman–Crippen LogP) is 5.44. The highest BCUT2D eigenvalue weighted by Gasteiger charge is 2.31. The Labute approximate surface area is 188 Å². The largest absolute Gasteiger partial charge is 0.416 e. The molecule has 0 fully saturated rings. The van der Waals surface area contributed by atoms with Crippen LogP contribution in [-0.4, -0.2) is 41.5 Å². The first kappa shape index (κ1) is 25.5. The fourth-order valence-electron chi connectivity index (χ4n) is 3.52. The number of hydrogen-bond acceptors (Lipinski definition) is 3. The van der Waals surface area contributed by atoms with Crippen molar-refractivity contribution in [3.05, 3.63) is 53.5 Å². The van der Waals surface area contributed by atoms with Gasteiger partial charge in [0.2, 0.25) is 6.41 Å². The summed E-state index contributed by atoms with van der Waals surface area (Å²) in [6, 6.07) is 5.29. The summed E-state index contributed by atoms with van der Waals surface area (Å²) >= 11 is 0. The zero-order chi connectivity index (χ0) is 24.1. The summed E-state index contributed by atoms with van der Waals surface area (Å²) in [5.74, 6) is 1.48. The van der Waals surface area contributed by atoms with Crippen LogP contribution < -0.4 is 4.90 Å². The van der Waals surface area contributed by atoms with Crippen molar-refractivity contribution in [3.8, 4) is 0 Å². The number of carbonyl (C=O) groups is 1. The molecule has 0 saturated carbocycles. The number of aromatic nitrogens is 2. The zero-order valence-electron chi connectivity index (χ0n) is 19.5. The van der Waals surface area contributed by atoms with Crippen LogP contribution in [0.1, 0.15) is 56.3 Å². The number of rotatable bonds is 11. The molecule has 2 aromatic rings. The third-order valence-electron chi connectivity index (χ3n) is 5.36. The molecule has 0 bridgehead atoms. The maximum Gasteiger partial charge on any atom is 0.416 e. The number of anilines is 1. The van der Waals surface area contributed by atoms with Crippen LogP contribution in [0.5, 0.6) is 0 Å². The Bertz CT molecular complexity index is 934. The van der Waals surface area contributed by atoms with E-state index in [4.69, 9.17) is 4.98 Å². The van der Waals surface area contributed by atoms with Crippen molar-refractivity contribution < 1.29 is 18.0 Å². The maximum absolute atomic E-state index is 13.2. The summed E-state index contributed by atoms with van der Waals surface area (Å²) < 4.78 is 41.6. The van der Waals surface area contributed by atoms with Gasteiger partial charge in [0, 0.05) is 33.6 Å². The van der Waals surface area contributed by atoms with E-state index >= 15 is 0 Å². The summed E-state index contributed by atoms with van der Waals surface area (Å²) in [6.45, 7) is 11.9. The summed E-state index contributed by atoms with van der Waals surface area (Å²) in [6.07, 6.45) is -1.74. The molecule has 1 aromatic heterocycles. The molecule has 0 N–H and O–H groups in total. The molecular weight excluding hydrogens is 417 g/mol. The van der Waals surface area contributed by atoms with Gasteiger partial charge in [-0.25, -0.2) is 4.98 Å². The summed E-state index contributed by atoms with van der Waals surface area (Å²) in [4.78, 5) is 19.7. The number of hydrogen-bond donors (Lipinski definition) is 0. The van der Waals surface area contributed by atoms with E-state index in [1.54, 1.807) is 13.1 Å². The normalized spacial score (nSPS) is 11.7. The van der Waals surface area contributed by atoms with Crippen LogP contribution in [-0.2, 0) is 23.9 Å². The van der Waals surface area contributed by atoms with Gasteiger partial charge in [-0.05, 0) is 30.4 Å². The molecule has 0 aliphatic rings. The van der Waals surface area contributed by atoms with Gasteiger partial charge in [0.1, 0.15) is 11.5 Å². The van der Waals surface area contributed by atoms with Crippen LogP contribution in [0.25, 0.3) is 5.70 Å². The van der Waals surface area contributed by atoms with Gasteiger partial charge in [-0.2, -0.15) is 13.2 Å². The molecule has 0 saturated heterocycles. The lowest BCUT2D eigenvalue weighted by Crippen LogP contribution is -2.23. The molecule has 0 aliphatic heterocycles. The van der Waals surface area contributed by atoms with Gasteiger partial charge in [-0.3, -0.25) is 4.79 Å². The minimum Gasteiger partial charge on any atom is -0.373 e. The van der Waals surface area contributed by atoms with Gasteiger partial charge in [0.15, 0.2) is 5.82 Å². The first-order chi connectivity index (χ1) is 15.0. The van der Waals surface area contributed by atoms with E-state index in [1.165, 1.54) is 11.0 Å². The van der Waals surface area contributed by atoms with Crippen LogP contribution in [0.4, 0.5) is 19.0 Å². The average Bonchev–Trinajstić information content (AvgIpc) is 3.08. The van der Waals surface area contributed by atoms with Crippen LogP contribution in [0, 0.1) is 5.92 Å². The molecule has 0 radical (unpaired) electrons. The highest BCUT2D eigenvalue weighted by atomic mass is 19.4. The summed E-state index contributed by atoms with van der Waals surface area (Å²) in [5.41, 5.74) is 1.27. The molecule has 176 valence electrons. The second-order valence-corrected chi connectivity index (χ2v) is 8.49. The van der Waals surface area contributed by atoms with Crippen molar-refractivity contribution in [1.82, 2.24) is 14.5 Å². The lowest BCUT2D eigenvalue weighted by molar-refractivity contribution is -0.137. The Hall–Kier alpha value is -2.77. The van der Waals surface area contributed by atoms with Crippen molar-refractivity contribution >= 4 is 17.9 Å². The van der Waals surface area contributed by atoms with Crippen molar-refractivity contribution in [2.45, 2.75) is 52.8 Å². The number of halogens is 3. The zero-order valence-corrected chi connectivity index (χ0v) is 19.5. The molecule has 1 amide bonds. The molecule has 5 nitrogen and oxygen atoms in total. The van der Waals surface area contributed by atoms with Crippen molar-refractivity contribution in [2.75, 3.05) is 25.5 Å². The van der Waals surface area contributed by atoms with E-state index in [-0.39, 0.29) is 6.42 Å². The fourth-order valence-corrected chi connectivity index (χ4v) is 3.52. The molecule has 0 spiro atoms. The third-order valence-corrected chi connectivity index (χ3v) is 5.36.